The van der Waals surface area contributed by atoms with Crippen molar-refractivity contribution in [3.63, 3.8) is 0 Å². The number of nitrogens with zero attached hydrogens (tertiary/aromatic N) is 5. The van der Waals surface area contributed by atoms with E-state index in [0.717, 1.165) is 43.1 Å². The zero-order valence-corrected chi connectivity index (χ0v) is 47.7. The average Bonchev–Trinajstić information content (AvgIpc) is 4.29. The molecule has 4 atom stereocenters. The minimum absolute atomic E-state index is 0.0273. The van der Waals surface area contributed by atoms with Crippen LogP contribution in [0.25, 0.3) is 16.0 Å². The van der Waals surface area contributed by atoms with Crippen LogP contribution in [0.3, 0.4) is 0 Å². The fourth-order valence-electron chi connectivity index (χ4n) is 9.83. The number of thiazole rings is 2. The summed E-state index contributed by atoms with van der Waals surface area (Å²) in [6, 6.07) is 17.3. The van der Waals surface area contributed by atoms with Gasteiger partial charge in [-0.3, -0.25) is 37.5 Å². The zero-order valence-electron chi connectivity index (χ0n) is 45.2. The Morgan fingerprint density at radius 3 is 2.29 bits per heavy atom. The largest absolute Gasteiger partial charge is 0.483 e. The Labute approximate surface area is 473 Å². The number of benzene rings is 2. The molecule has 1 unspecified atom stereocenters. The summed E-state index contributed by atoms with van der Waals surface area (Å²) in [5, 5.41) is 34.1. The monoisotopic (exact) mass is 1150 g/mol. The Hall–Kier alpha value is -7.38. The molecule has 0 saturated carbocycles. The number of likely N-dealkylation sites (tertiary alicyclic amines) is 2. The number of hydrogen-bond donors (Lipinski definition) is 7. The molecule has 21 nitrogen and oxygen atoms in total. The van der Waals surface area contributed by atoms with Crippen molar-refractivity contribution in [2.75, 3.05) is 50.8 Å². The van der Waals surface area contributed by atoms with E-state index in [1.165, 1.54) is 34.7 Å². The molecule has 5 heterocycles. The molecule has 0 bridgehead atoms. The van der Waals surface area contributed by atoms with Crippen LogP contribution in [-0.4, -0.2) is 148 Å². The van der Waals surface area contributed by atoms with E-state index < -0.39 is 56.8 Å². The summed E-state index contributed by atoms with van der Waals surface area (Å²) < 4.78 is 24.6. The topological polar surface area (TPSA) is 291 Å². The maximum Gasteiger partial charge on any atom is 0.290 e. The molecule has 80 heavy (non-hydrogen) atoms. The SMILES string of the molecule is Cc1ncsc1-c1ccc(CNC(=O)[C@@H]2C[C@@H](O)CN2C(=O)[C@@H](NC(=O)CCN2CCC(C(=O)NCC3(c4csc(NC(=O)CNC(=O)c5ccn(S(C)(=O)=O)c5)n4)C=CC=C(c4ccccc4)C3)CC2)C(C)(C)C)cc1.O=CO. The number of aromatic nitrogens is 3. The predicted octanol–water partition coefficient (Wildman–Crippen LogP) is 4.56. The number of anilines is 1. The second kappa shape index (κ2) is 26.7. The van der Waals surface area contributed by atoms with E-state index in [9.17, 15) is 42.3 Å². The van der Waals surface area contributed by atoms with Crippen molar-refractivity contribution in [3.05, 3.63) is 130 Å². The van der Waals surface area contributed by atoms with E-state index in [0.29, 0.717) is 49.7 Å². The maximum absolute atomic E-state index is 14.2. The zero-order chi connectivity index (χ0) is 57.8. The predicted molar refractivity (Wildman–Crippen MR) is 305 cm³/mol. The number of rotatable bonds is 19. The minimum Gasteiger partial charge on any atom is -0.483 e. The summed E-state index contributed by atoms with van der Waals surface area (Å²) in [5.41, 5.74) is 5.99. The number of amides is 6. The molecule has 3 aromatic heterocycles. The van der Waals surface area contributed by atoms with E-state index in [1.54, 1.807) is 16.8 Å². The van der Waals surface area contributed by atoms with Gasteiger partial charge >= 0.3 is 0 Å². The van der Waals surface area contributed by atoms with Gasteiger partial charge in [-0.15, -0.1) is 22.7 Å². The number of aliphatic hydroxyl groups is 1. The van der Waals surface area contributed by atoms with Gasteiger partial charge in [0.15, 0.2) is 5.13 Å². The Balaban J connectivity index is 0.00000301. The molecule has 24 heteroatoms. The van der Waals surface area contributed by atoms with E-state index in [-0.39, 0.29) is 74.7 Å². The van der Waals surface area contributed by atoms with Gasteiger partial charge in [-0.25, -0.2) is 18.4 Å². The molecule has 0 radical (unpaired) electrons. The highest BCUT2D eigenvalue weighted by atomic mass is 32.2. The number of allylic oxidation sites excluding steroid dienone is 3. The normalized spacial score (nSPS) is 18.9. The third kappa shape index (κ3) is 15.7. The molecule has 2 aromatic carbocycles. The van der Waals surface area contributed by atoms with Crippen molar-refractivity contribution in [3.8, 4) is 10.4 Å². The van der Waals surface area contributed by atoms with Crippen LogP contribution in [0, 0.1) is 18.3 Å². The van der Waals surface area contributed by atoms with Crippen LogP contribution in [-0.2, 0) is 50.8 Å². The molecule has 2 saturated heterocycles. The molecule has 2 fully saturated rings. The van der Waals surface area contributed by atoms with Gasteiger partial charge in [-0.1, -0.05) is 93.6 Å². The standard InChI is InChI=1S/C55H66N10O9S3.CH2O2/c1-35-47(76-34-59-35)38-15-13-36(14-16-38)28-56-51(71)43-26-42(66)31-65(43)52(72)48(54(2,3)4)61-45(67)20-24-63-22-17-39(18-23-63)49(69)58-33-55(21-9-12-40(27-55)37-10-7-6-8-11-37)44-32-75-53(60-44)62-46(68)29-57-50(70)41-19-25-64(30-41)77(5,73)74;2-1-3/h6-16,19,21,25,30,32,34,39,42-43,48,66H,17-18,20,22-24,26-29,31,33H2,1-5H3,(H,56,71)(H,57,70)(H,58,69)(H,61,67)(H,60,62,68);1H,(H,2,3)/t42-,43+,48-,55?;/m1./s1. The van der Waals surface area contributed by atoms with E-state index in [4.69, 9.17) is 14.9 Å². The summed E-state index contributed by atoms with van der Waals surface area (Å²) in [7, 11) is -3.58. The van der Waals surface area contributed by atoms with Gasteiger partial charge in [0.2, 0.25) is 39.6 Å². The fourth-order valence-corrected chi connectivity index (χ4v) is 12.1. The Kier molecular flexibility index (Phi) is 20.1. The summed E-state index contributed by atoms with van der Waals surface area (Å²) in [6.45, 7) is 8.91. The highest BCUT2D eigenvalue weighted by Crippen LogP contribution is 2.40. The van der Waals surface area contributed by atoms with Crippen LogP contribution in [0.2, 0.25) is 0 Å². The number of carbonyl (C=O) groups is 7. The van der Waals surface area contributed by atoms with Crippen LogP contribution < -0.4 is 26.6 Å². The molecular formula is C56H68N10O11S3. The number of nitrogens with one attached hydrogen (secondary N) is 5. The van der Waals surface area contributed by atoms with Crippen LogP contribution in [0.5, 0.6) is 0 Å². The van der Waals surface area contributed by atoms with Gasteiger partial charge in [0.25, 0.3) is 12.4 Å². The first-order chi connectivity index (χ1) is 38.1. The van der Waals surface area contributed by atoms with Crippen LogP contribution in [0.1, 0.15) is 85.7 Å². The summed E-state index contributed by atoms with van der Waals surface area (Å²) in [6.07, 6.45) is 10.4. The number of piperidine rings is 1. The fraction of sp³-hybridized carbons (Fsp3) is 0.411. The molecular weight excluding hydrogens is 1080 g/mol. The molecule has 2 aliphatic heterocycles. The lowest BCUT2D eigenvalue weighted by atomic mass is 9.74. The number of carbonyl (C=O) groups excluding carboxylic acids is 6. The minimum atomic E-state index is -3.58. The molecule has 1 aliphatic carbocycles. The van der Waals surface area contributed by atoms with Crippen molar-refractivity contribution >= 4 is 85.3 Å². The van der Waals surface area contributed by atoms with E-state index in [2.05, 4.69) is 36.5 Å². The molecule has 0 spiro atoms. The first kappa shape index (κ1) is 60.3. The van der Waals surface area contributed by atoms with Crippen molar-refractivity contribution in [2.24, 2.45) is 11.3 Å². The number of carboxylic acid groups (broad SMARTS) is 1. The van der Waals surface area contributed by atoms with Crippen LogP contribution >= 0.6 is 22.7 Å². The number of aliphatic hydroxyl groups excluding tert-OH is 1. The van der Waals surface area contributed by atoms with Gasteiger partial charge in [0.05, 0.1) is 51.7 Å². The van der Waals surface area contributed by atoms with Gasteiger partial charge in [0.1, 0.15) is 12.1 Å². The van der Waals surface area contributed by atoms with Gasteiger partial charge in [-0.05, 0) is 73.0 Å². The van der Waals surface area contributed by atoms with Crippen molar-refractivity contribution in [1.82, 2.24) is 45.0 Å². The lowest BCUT2D eigenvalue weighted by Gasteiger charge is -2.36. The summed E-state index contributed by atoms with van der Waals surface area (Å²) in [4.78, 5) is 103. The lowest BCUT2D eigenvalue weighted by Crippen LogP contribution is -2.58. The van der Waals surface area contributed by atoms with Crippen LogP contribution in [0.4, 0.5) is 5.13 Å². The third-order valence-corrected chi connectivity index (χ3v) is 17.0. The highest BCUT2D eigenvalue weighted by Gasteiger charge is 2.45. The Morgan fingerprint density at radius 2 is 1.64 bits per heavy atom. The van der Waals surface area contributed by atoms with E-state index in [1.807, 2.05) is 106 Å². The average molecular weight is 1150 g/mol. The Bertz CT molecular complexity index is 3200. The maximum atomic E-state index is 14.2. The summed E-state index contributed by atoms with van der Waals surface area (Å²) >= 11 is 2.78. The molecule has 6 amide bonds. The number of aryl methyl sites for hydroxylation is 1. The second-order valence-electron chi connectivity index (χ2n) is 21.1. The first-order valence-electron chi connectivity index (χ1n) is 26.1. The molecule has 7 N–H and O–H groups in total. The van der Waals surface area contributed by atoms with Crippen molar-refractivity contribution in [2.45, 2.75) is 89.9 Å². The van der Waals surface area contributed by atoms with Crippen LogP contribution in [0.15, 0.2) is 102 Å². The number of hydrogen-bond acceptors (Lipinski definition) is 15. The lowest BCUT2D eigenvalue weighted by molar-refractivity contribution is -0.144. The molecule has 5 aromatic rings. The Morgan fingerprint density at radius 1 is 0.925 bits per heavy atom. The quantitative estimate of drug-likeness (QED) is 0.0558. The summed E-state index contributed by atoms with van der Waals surface area (Å²) in [5.74, 6) is -2.65. The van der Waals surface area contributed by atoms with Crippen molar-refractivity contribution < 1.29 is 52.2 Å². The molecule has 426 valence electrons. The smallest absolute Gasteiger partial charge is 0.290 e. The van der Waals surface area contributed by atoms with Gasteiger partial charge < -0.3 is 46.6 Å². The first-order valence-corrected chi connectivity index (χ1v) is 29.7. The van der Waals surface area contributed by atoms with Crippen molar-refractivity contribution in [1.29, 1.82) is 0 Å². The van der Waals surface area contributed by atoms with Gasteiger partial charge in [-0.2, -0.15) is 0 Å². The third-order valence-electron chi connectivity index (χ3n) is 14.2. The second-order valence-corrected chi connectivity index (χ2v) is 24.7. The molecule has 3 aliphatic rings. The number of β-amino-alcohol motifs (C(OH)–C–C–N with tert-alkyl or cyclic N) is 1. The van der Waals surface area contributed by atoms with E-state index >= 15 is 0 Å². The van der Waals surface area contributed by atoms with Gasteiger partial charge in [0, 0.05) is 62.7 Å². The highest BCUT2D eigenvalue weighted by molar-refractivity contribution is 7.89. The molecule has 8 rings (SSSR count).